The summed E-state index contributed by atoms with van der Waals surface area (Å²) in [5, 5.41) is 0.937. The molecule has 0 aliphatic heterocycles. The molecule has 0 aliphatic carbocycles. The Kier molecular flexibility index (Phi) is 4.39. The van der Waals surface area contributed by atoms with E-state index >= 15 is 0 Å². The molecule has 1 atom stereocenters. The maximum Gasteiger partial charge on any atom is 0.250 e. The fourth-order valence-electron chi connectivity index (χ4n) is 1.30. The molecule has 14 heavy (non-hydrogen) atoms. The van der Waals surface area contributed by atoms with Crippen molar-refractivity contribution in [1.82, 2.24) is 4.57 Å². The summed E-state index contributed by atoms with van der Waals surface area (Å²) in [6, 6.07) is 5.27. The van der Waals surface area contributed by atoms with E-state index in [2.05, 4.69) is 29.8 Å². The smallest absolute Gasteiger partial charge is 0.250 e. The van der Waals surface area contributed by atoms with Gasteiger partial charge in [0.15, 0.2) is 0 Å². The molecular weight excluding hydrogens is 242 g/mol. The van der Waals surface area contributed by atoms with Crippen molar-refractivity contribution in [2.45, 2.75) is 20.4 Å². The van der Waals surface area contributed by atoms with Crippen LogP contribution in [-0.4, -0.2) is 9.90 Å². The zero-order valence-corrected chi connectivity index (χ0v) is 10.2. The third-order valence-electron chi connectivity index (χ3n) is 2.47. The monoisotopic (exact) mass is 257 g/mol. The molecule has 0 N–H and O–H groups in total. The Morgan fingerprint density at radius 3 is 2.64 bits per heavy atom. The van der Waals surface area contributed by atoms with Crippen LogP contribution < -0.4 is 5.56 Å². The molecule has 0 aromatic carbocycles. The molecule has 1 aromatic rings. The van der Waals surface area contributed by atoms with Crippen LogP contribution in [0.5, 0.6) is 0 Å². The number of nitrogens with zero attached hydrogens (tertiary/aromatic N) is 1. The Bertz CT molecular complexity index is 332. The summed E-state index contributed by atoms with van der Waals surface area (Å²) in [6.45, 7) is 5.16. The second-order valence-electron chi connectivity index (χ2n) is 3.85. The topological polar surface area (TPSA) is 22.0 Å². The van der Waals surface area contributed by atoms with E-state index in [0.717, 1.165) is 11.9 Å². The molecule has 1 heterocycles. The van der Waals surface area contributed by atoms with Gasteiger partial charge >= 0.3 is 0 Å². The van der Waals surface area contributed by atoms with Gasteiger partial charge in [-0.2, -0.15) is 0 Å². The lowest BCUT2D eigenvalue weighted by Crippen LogP contribution is -2.25. The molecule has 1 aromatic heterocycles. The van der Waals surface area contributed by atoms with Gasteiger partial charge in [-0.3, -0.25) is 4.79 Å². The first kappa shape index (κ1) is 11.5. The number of halogens is 1. The maximum atomic E-state index is 11.4. The summed E-state index contributed by atoms with van der Waals surface area (Å²) in [7, 11) is 0. The second-order valence-corrected chi connectivity index (χ2v) is 4.50. The van der Waals surface area contributed by atoms with Crippen molar-refractivity contribution in [2.24, 2.45) is 11.8 Å². The number of rotatable bonds is 4. The van der Waals surface area contributed by atoms with Gasteiger partial charge in [-0.25, -0.2) is 0 Å². The van der Waals surface area contributed by atoms with Crippen LogP contribution in [0.2, 0.25) is 0 Å². The quantitative estimate of drug-likeness (QED) is 0.760. The van der Waals surface area contributed by atoms with Crippen molar-refractivity contribution in [1.29, 1.82) is 0 Å². The van der Waals surface area contributed by atoms with Crippen LogP contribution in [0.4, 0.5) is 0 Å². The van der Waals surface area contributed by atoms with Gasteiger partial charge in [0.05, 0.1) is 0 Å². The van der Waals surface area contributed by atoms with Crippen molar-refractivity contribution in [3.63, 3.8) is 0 Å². The minimum Gasteiger partial charge on any atom is -0.315 e. The molecule has 78 valence electrons. The first-order chi connectivity index (χ1) is 6.65. The van der Waals surface area contributed by atoms with E-state index in [0.29, 0.717) is 11.8 Å². The molecule has 0 radical (unpaired) electrons. The first-order valence-electron chi connectivity index (χ1n) is 4.86. The van der Waals surface area contributed by atoms with Gasteiger partial charge < -0.3 is 4.57 Å². The fraction of sp³-hybridized carbons (Fsp3) is 0.545. The minimum absolute atomic E-state index is 0.0825. The lowest BCUT2D eigenvalue weighted by Gasteiger charge is -2.18. The van der Waals surface area contributed by atoms with Crippen LogP contribution in [-0.2, 0) is 6.54 Å². The molecule has 0 saturated carbocycles. The Labute approximate surface area is 93.1 Å². The van der Waals surface area contributed by atoms with Crippen LogP contribution in [0.15, 0.2) is 29.2 Å². The van der Waals surface area contributed by atoms with Crippen LogP contribution in [0.25, 0.3) is 0 Å². The number of hydrogen-bond acceptors (Lipinski definition) is 1. The summed E-state index contributed by atoms with van der Waals surface area (Å²) in [5.41, 5.74) is 0.0825. The fourth-order valence-corrected chi connectivity index (χ4v) is 2.25. The van der Waals surface area contributed by atoms with E-state index in [4.69, 9.17) is 0 Å². The molecule has 0 saturated heterocycles. The van der Waals surface area contributed by atoms with Crippen molar-refractivity contribution in [3.05, 3.63) is 34.7 Å². The molecule has 3 heteroatoms. The van der Waals surface area contributed by atoms with Crippen molar-refractivity contribution < 1.29 is 0 Å². The summed E-state index contributed by atoms with van der Waals surface area (Å²) in [6.07, 6.45) is 1.85. The van der Waals surface area contributed by atoms with Crippen molar-refractivity contribution in [2.75, 3.05) is 5.33 Å². The van der Waals surface area contributed by atoms with Gasteiger partial charge in [-0.05, 0) is 17.9 Å². The number of hydrogen-bond donors (Lipinski definition) is 0. The Hall–Kier alpha value is -0.570. The van der Waals surface area contributed by atoms with E-state index in [-0.39, 0.29) is 5.56 Å². The van der Waals surface area contributed by atoms with Crippen LogP contribution in [0.3, 0.4) is 0 Å². The van der Waals surface area contributed by atoms with E-state index in [1.54, 1.807) is 16.7 Å². The average Bonchev–Trinajstić information content (AvgIpc) is 2.16. The van der Waals surface area contributed by atoms with E-state index in [1.807, 2.05) is 12.3 Å². The second kappa shape index (κ2) is 5.35. The molecule has 1 rings (SSSR count). The van der Waals surface area contributed by atoms with E-state index in [9.17, 15) is 4.79 Å². The van der Waals surface area contributed by atoms with E-state index < -0.39 is 0 Å². The predicted molar refractivity (Wildman–Crippen MR) is 62.8 cm³/mol. The molecule has 0 bridgehead atoms. The van der Waals surface area contributed by atoms with Gasteiger partial charge in [0.25, 0.3) is 5.56 Å². The lowest BCUT2D eigenvalue weighted by atomic mass is 9.98. The van der Waals surface area contributed by atoms with Gasteiger partial charge in [0.2, 0.25) is 0 Å². The van der Waals surface area contributed by atoms with Gasteiger partial charge in [0, 0.05) is 24.1 Å². The Balaban J connectivity index is 2.77. The maximum absolute atomic E-state index is 11.4. The molecule has 0 aliphatic rings. The van der Waals surface area contributed by atoms with Crippen LogP contribution in [0, 0.1) is 11.8 Å². The molecule has 2 nitrogen and oxygen atoms in total. The average molecular weight is 258 g/mol. The highest BCUT2D eigenvalue weighted by atomic mass is 79.9. The lowest BCUT2D eigenvalue weighted by molar-refractivity contribution is 0.369. The molecule has 0 spiro atoms. The summed E-state index contributed by atoms with van der Waals surface area (Å²) >= 11 is 3.48. The normalized spacial score (nSPS) is 13.1. The van der Waals surface area contributed by atoms with E-state index in [1.165, 1.54) is 0 Å². The zero-order chi connectivity index (χ0) is 10.6. The SMILES string of the molecule is CC(C)C(CBr)Cn1ccccc1=O. The standard InChI is InChI=1S/C11H16BrNO/c1-9(2)10(7-12)8-13-6-4-3-5-11(13)14/h3-6,9-10H,7-8H2,1-2H3. The highest BCUT2D eigenvalue weighted by Crippen LogP contribution is 2.15. The van der Waals surface area contributed by atoms with Crippen molar-refractivity contribution in [3.8, 4) is 0 Å². The van der Waals surface area contributed by atoms with Gasteiger partial charge in [-0.15, -0.1) is 0 Å². The zero-order valence-electron chi connectivity index (χ0n) is 8.61. The largest absolute Gasteiger partial charge is 0.315 e. The molecule has 1 unspecified atom stereocenters. The summed E-state index contributed by atoms with van der Waals surface area (Å²) in [4.78, 5) is 11.4. The van der Waals surface area contributed by atoms with Crippen LogP contribution in [0.1, 0.15) is 13.8 Å². The third kappa shape index (κ3) is 2.98. The van der Waals surface area contributed by atoms with Gasteiger partial charge in [-0.1, -0.05) is 35.8 Å². The number of pyridine rings is 1. The third-order valence-corrected chi connectivity index (χ3v) is 3.30. The van der Waals surface area contributed by atoms with Gasteiger partial charge in [0.1, 0.15) is 0 Å². The highest BCUT2D eigenvalue weighted by molar-refractivity contribution is 9.09. The number of aromatic nitrogens is 1. The molecule has 0 fully saturated rings. The minimum atomic E-state index is 0.0825. The van der Waals surface area contributed by atoms with Crippen LogP contribution >= 0.6 is 15.9 Å². The number of alkyl halides is 1. The predicted octanol–water partition coefficient (Wildman–Crippen LogP) is 2.52. The highest BCUT2D eigenvalue weighted by Gasteiger charge is 2.12. The Morgan fingerprint density at radius 2 is 2.14 bits per heavy atom. The molecular formula is C11H16BrNO. The Morgan fingerprint density at radius 1 is 1.43 bits per heavy atom. The first-order valence-corrected chi connectivity index (χ1v) is 5.98. The molecule has 0 amide bonds. The van der Waals surface area contributed by atoms with Crippen molar-refractivity contribution >= 4 is 15.9 Å². The summed E-state index contributed by atoms with van der Waals surface area (Å²) < 4.78 is 1.77. The summed E-state index contributed by atoms with van der Waals surface area (Å²) in [5.74, 6) is 1.09.